The summed E-state index contributed by atoms with van der Waals surface area (Å²) in [5.41, 5.74) is 3.64. The number of benzene rings is 2. The molecule has 19 heavy (non-hydrogen) atoms. The molecule has 2 aromatic rings. The number of halogens is 1. The largest absolute Gasteiger partial charge is 0.496 e. The van der Waals surface area contributed by atoms with E-state index < -0.39 is 0 Å². The van der Waals surface area contributed by atoms with Gasteiger partial charge in [-0.25, -0.2) is 0 Å². The summed E-state index contributed by atoms with van der Waals surface area (Å²) in [6.45, 7) is 4.26. The van der Waals surface area contributed by atoms with Crippen molar-refractivity contribution in [3.05, 3.63) is 58.1 Å². The molecule has 1 N–H and O–H groups in total. The van der Waals surface area contributed by atoms with Crippen molar-refractivity contribution in [3.63, 3.8) is 0 Å². The second kappa shape index (κ2) is 6.11. The van der Waals surface area contributed by atoms with E-state index in [9.17, 15) is 0 Å². The van der Waals surface area contributed by atoms with Gasteiger partial charge in [-0.05, 0) is 59.1 Å². The van der Waals surface area contributed by atoms with Gasteiger partial charge in [0.2, 0.25) is 0 Å². The maximum Gasteiger partial charge on any atom is 0.133 e. The van der Waals surface area contributed by atoms with Gasteiger partial charge in [-0.15, -0.1) is 0 Å². The van der Waals surface area contributed by atoms with E-state index in [0.717, 1.165) is 10.2 Å². The lowest BCUT2D eigenvalue weighted by molar-refractivity contribution is 0.412. The van der Waals surface area contributed by atoms with Gasteiger partial charge >= 0.3 is 0 Å². The van der Waals surface area contributed by atoms with Gasteiger partial charge in [-0.2, -0.15) is 0 Å². The molecule has 0 saturated carbocycles. The Morgan fingerprint density at radius 1 is 1.16 bits per heavy atom. The topological polar surface area (TPSA) is 21.3 Å². The Morgan fingerprint density at radius 2 is 1.89 bits per heavy atom. The van der Waals surface area contributed by atoms with E-state index in [4.69, 9.17) is 4.74 Å². The molecule has 0 heterocycles. The van der Waals surface area contributed by atoms with Crippen LogP contribution in [0.15, 0.2) is 46.9 Å². The maximum absolute atomic E-state index is 5.25. The molecule has 2 nitrogen and oxygen atoms in total. The van der Waals surface area contributed by atoms with Crippen molar-refractivity contribution in [2.24, 2.45) is 0 Å². The monoisotopic (exact) mass is 319 g/mol. The molecular weight excluding hydrogens is 302 g/mol. The van der Waals surface area contributed by atoms with Gasteiger partial charge in [0.1, 0.15) is 5.75 Å². The third-order valence-electron chi connectivity index (χ3n) is 3.19. The Bertz CT molecular complexity index is 568. The third kappa shape index (κ3) is 3.29. The number of anilines is 1. The van der Waals surface area contributed by atoms with Crippen LogP contribution in [-0.2, 0) is 0 Å². The molecule has 0 radical (unpaired) electrons. The van der Waals surface area contributed by atoms with E-state index in [1.807, 2.05) is 12.1 Å². The quantitative estimate of drug-likeness (QED) is 0.861. The summed E-state index contributed by atoms with van der Waals surface area (Å²) in [5, 5.41) is 3.53. The van der Waals surface area contributed by atoms with Gasteiger partial charge in [0.15, 0.2) is 0 Å². The van der Waals surface area contributed by atoms with Crippen LogP contribution in [0.1, 0.15) is 24.1 Å². The molecule has 2 rings (SSSR count). The number of hydrogen-bond acceptors (Lipinski definition) is 2. The fourth-order valence-corrected chi connectivity index (χ4v) is 2.56. The van der Waals surface area contributed by atoms with Gasteiger partial charge in [-0.1, -0.05) is 24.3 Å². The van der Waals surface area contributed by atoms with Crippen molar-refractivity contribution in [2.75, 3.05) is 12.4 Å². The number of methoxy groups -OCH3 is 1. The van der Waals surface area contributed by atoms with Gasteiger partial charge in [0.05, 0.1) is 11.6 Å². The summed E-state index contributed by atoms with van der Waals surface area (Å²) >= 11 is 3.52. The first-order valence-corrected chi connectivity index (χ1v) is 7.06. The molecule has 0 saturated heterocycles. The lowest BCUT2D eigenvalue weighted by Gasteiger charge is -2.18. The SMILES string of the molecule is COc1ccc(C(C)Nc2ccccc2C)cc1Br. The van der Waals surface area contributed by atoms with Gasteiger partial charge in [0, 0.05) is 11.7 Å². The van der Waals surface area contributed by atoms with E-state index in [0.29, 0.717) is 0 Å². The molecule has 0 aliphatic carbocycles. The Labute approximate surface area is 122 Å². The minimum Gasteiger partial charge on any atom is -0.496 e. The predicted molar refractivity (Wildman–Crippen MR) is 83.9 cm³/mol. The standard InChI is InChI=1S/C16H18BrNO/c1-11-6-4-5-7-15(11)18-12(2)13-8-9-16(19-3)14(17)10-13/h4-10,12,18H,1-3H3. The highest BCUT2D eigenvalue weighted by Gasteiger charge is 2.09. The van der Waals surface area contributed by atoms with Gasteiger partial charge < -0.3 is 10.1 Å². The number of aryl methyl sites for hydroxylation is 1. The second-order valence-corrected chi connectivity index (χ2v) is 5.43. The molecule has 0 bridgehead atoms. The maximum atomic E-state index is 5.25. The minimum absolute atomic E-state index is 0.239. The molecule has 1 atom stereocenters. The van der Waals surface area contributed by atoms with E-state index in [1.54, 1.807) is 7.11 Å². The molecule has 0 aliphatic rings. The summed E-state index contributed by atoms with van der Waals surface area (Å²) in [6.07, 6.45) is 0. The summed E-state index contributed by atoms with van der Waals surface area (Å²) in [7, 11) is 1.68. The summed E-state index contributed by atoms with van der Waals surface area (Å²) < 4.78 is 6.23. The van der Waals surface area contributed by atoms with Crippen molar-refractivity contribution in [2.45, 2.75) is 19.9 Å². The Hall–Kier alpha value is -1.48. The molecule has 0 spiro atoms. The highest BCUT2D eigenvalue weighted by molar-refractivity contribution is 9.10. The second-order valence-electron chi connectivity index (χ2n) is 4.57. The summed E-state index contributed by atoms with van der Waals surface area (Å²) in [4.78, 5) is 0. The lowest BCUT2D eigenvalue weighted by Crippen LogP contribution is -2.07. The normalized spacial score (nSPS) is 12.0. The molecule has 1 unspecified atom stereocenters. The van der Waals surface area contributed by atoms with Crippen molar-refractivity contribution < 1.29 is 4.74 Å². The average Bonchev–Trinajstić information content (AvgIpc) is 2.41. The van der Waals surface area contributed by atoms with E-state index in [1.165, 1.54) is 16.8 Å². The molecular formula is C16H18BrNO. The van der Waals surface area contributed by atoms with Gasteiger partial charge in [0.25, 0.3) is 0 Å². The number of para-hydroxylation sites is 1. The van der Waals surface area contributed by atoms with Crippen molar-refractivity contribution in [1.82, 2.24) is 0 Å². The number of hydrogen-bond donors (Lipinski definition) is 1. The molecule has 3 heteroatoms. The number of ether oxygens (including phenoxy) is 1. The molecule has 2 aromatic carbocycles. The molecule has 100 valence electrons. The fraction of sp³-hybridized carbons (Fsp3) is 0.250. The highest BCUT2D eigenvalue weighted by atomic mass is 79.9. The Kier molecular flexibility index (Phi) is 4.48. The molecule has 0 fully saturated rings. The first-order valence-electron chi connectivity index (χ1n) is 6.27. The zero-order valence-corrected chi connectivity index (χ0v) is 13.0. The third-order valence-corrected chi connectivity index (χ3v) is 3.81. The Balaban J connectivity index is 2.18. The highest BCUT2D eigenvalue weighted by Crippen LogP contribution is 2.29. The van der Waals surface area contributed by atoms with Crippen LogP contribution in [0.3, 0.4) is 0 Å². The smallest absolute Gasteiger partial charge is 0.133 e. The van der Waals surface area contributed by atoms with Crippen molar-refractivity contribution >= 4 is 21.6 Å². The van der Waals surface area contributed by atoms with Crippen LogP contribution in [0.4, 0.5) is 5.69 Å². The molecule has 0 amide bonds. The van der Waals surface area contributed by atoms with E-state index in [2.05, 4.69) is 65.4 Å². The number of rotatable bonds is 4. The van der Waals surface area contributed by atoms with Crippen LogP contribution in [0.2, 0.25) is 0 Å². The van der Waals surface area contributed by atoms with Crippen LogP contribution in [0.25, 0.3) is 0 Å². The van der Waals surface area contributed by atoms with E-state index in [-0.39, 0.29) is 6.04 Å². The zero-order valence-electron chi connectivity index (χ0n) is 11.4. The molecule has 0 aliphatic heterocycles. The van der Waals surface area contributed by atoms with E-state index >= 15 is 0 Å². The van der Waals surface area contributed by atoms with Crippen LogP contribution in [-0.4, -0.2) is 7.11 Å². The fourth-order valence-electron chi connectivity index (χ4n) is 2.00. The van der Waals surface area contributed by atoms with Crippen LogP contribution < -0.4 is 10.1 Å². The van der Waals surface area contributed by atoms with Crippen LogP contribution >= 0.6 is 15.9 Å². The number of nitrogens with one attached hydrogen (secondary N) is 1. The van der Waals surface area contributed by atoms with Crippen molar-refractivity contribution in [3.8, 4) is 5.75 Å². The summed E-state index contributed by atoms with van der Waals surface area (Å²) in [5.74, 6) is 0.854. The van der Waals surface area contributed by atoms with Crippen LogP contribution in [0.5, 0.6) is 5.75 Å². The van der Waals surface area contributed by atoms with Crippen molar-refractivity contribution in [1.29, 1.82) is 0 Å². The minimum atomic E-state index is 0.239. The van der Waals surface area contributed by atoms with Gasteiger partial charge in [-0.3, -0.25) is 0 Å². The van der Waals surface area contributed by atoms with Crippen LogP contribution in [0, 0.1) is 6.92 Å². The lowest BCUT2D eigenvalue weighted by atomic mass is 10.1. The Morgan fingerprint density at radius 3 is 2.53 bits per heavy atom. The first-order chi connectivity index (χ1) is 9.11. The zero-order chi connectivity index (χ0) is 13.8. The molecule has 0 aromatic heterocycles. The average molecular weight is 320 g/mol. The predicted octanol–water partition coefficient (Wildman–Crippen LogP) is 4.94. The first kappa shape index (κ1) is 13.9. The summed E-state index contributed by atoms with van der Waals surface area (Å²) in [6, 6.07) is 14.7.